The number of nitrogens with zero attached hydrogens (tertiary/aromatic N) is 2. The number of benzene rings is 1. The van der Waals surface area contributed by atoms with E-state index in [1.807, 2.05) is 6.92 Å². The van der Waals surface area contributed by atoms with Crippen molar-refractivity contribution in [2.45, 2.75) is 13.5 Å². The molecule has 7 heteroatoms. The van der Waals surface area contributed by atoms with E-state index in [9.17, 15) is 14.9 Å². The molecular formula is C12H16BrN3O3. The van der Waals surface area contributed by atoms with Crippen molar-refractivity contribution in [3.05, 3.63) is 38.3 Å². The van der Waals surface area contributed by atoms with E-state index in [-0.39, 0.29) is 24.7 Å². The monoisotopic (exact) mass is 329 g/mol. The highest BCUT2D eigenvalue weighted by molar-refractivity contribution is 9.10. The molecule has 1 aromatic rings. The molecule has 1 amide bonds. The maximum Gasteiger partial charge on any atom is 0.273 e. The molecule has 1 rings (SSSR count). The van der Waals surface area contributed by atoms with Gasteiger partial charge in [0, 0.05) is 36.2 Å². The first-order chi connectivity index (χ1) is 8.95. The number of nitro benzene ring substituents is 1. The lowest BCUT2D eigenvalue weighted by Gasteiger charge is -2.14. The molecule has 0 atom stereocenters. The molecule has 0 aliphatic rings. The zero-order chi connectivity index (χ0) is 14.4. The molecule has 0 bridgehead atoms. The van der Waals surface area contributed by atoms with E-state index in [0.29, 0.717) is 12.1 Å². The van der Waals surface area contributed by atoms with Crippen LogP contribution in [0.1, 0.15) is 12.5 Å². The number of nitro groups is 1. The summed E-state index contributed by atoms with van der Waals surface area (Å²) >= 11 is 3.28. The number of amides is 1. The summed E-state index contributed by atoms with van der Waals surface area (Å²) in [5.74, 6) is -0.0415. The highest BCUT2D eigenvalue weighted by Gasteiger charge is 2.14. The fourth-order valence-electron chi connectivity index (χ4n) is 1.49. The van der Waals surface area contributed by atoms with Crippen LogP contribution < -0.4 is 5.32 Å². The van der Waals surface area contributed by atoms with Gasteiger partial charge in [-0.25, -0.2) is 0 Å². The van der Waals surface area contributed by atoms with Crippen molar-refractivity contribution < 1.29 is 9.72 Å². The Labute approximate surface area is 120 Å². The second-order valence-corrected chi connectivity index (χ2v) is 4.96. The van der Waals surface area contributed by atoms with Crippen molar-refractivity contribution in [3.63, 3.8) is 0 Å². The number of rotatable bonds is 6. The lowest BCUT2D eigenvalue weighted by Crippen LogP contribution is -2.35. The highest BCUT2D eigenvalue weighted by atomic mass is 79.9. The number of hydrogen-bond donors (Lipinski definition) is 1. The summed E-state index contributed by atoms with van der Waals surface area (Å²) in [5, 5.41) is 13.8. The van der Waals surface area contributed by atoms with Crippen LogP contribution in [-0.2, 0) is 11.3 Å². The number of likely N-dealkylation sites (N-methyl/N-ethyl adjacent to an activating group) is 1. The topological polar surface area (TPSA) is 75.5 Å². The summed E-state index contributed by atoms with van der Waals surface area (Å²) in [5.41, 5.74) is 0.596. The zero-order valence-electron chi connectivity index (χ0n) is 10.9. The fraction of sp³-hybridized carbons (Fsp3) is 0.417. The zero-order valence-corrected chi connectivity index (χ0v) is 12.4. The molecule has 1 aromatic carbocycles. The Morgan fingerprint density at radius 3 is 2.79 bits per heavy atom. The first kappa shape index (κ1) is 15.6. The molecule has 0 spiro atoms. The number of hydrogen-bond acceptors (Lipinski definition) is 4. The van der Waals surface area contributed by atoms with E-state index >= 15 is 0 Å². The predicted octanol–water partition coefficient (Wildman–Crippen LogP) is 1.93. The van der Waals surface area contributed by atoms with Crippen molar-refractivity contribution in [1.82, 2.24) is 10.2 Å². The number of halogens is 1. The lowest BCUT2D eigenvalue weighted by atomic mass is 10.2. The van der Waals surface area contributed by atoms with Crippen LogP contribution in [0.3, 0.4) is 0 Å². The molecule has 104 valence electrons. The molecule has 0 saturated carbocycles. The Balaban J connectivity index is 2.65. The van der Waals surface area contributed by atoms with Crippen LogP contribution in [0.4, 0.5) is 5.69 Å². The Kier molecular flexibility index (Phi) is 5.91. The Morgan fingerprint density at radius 2 is 2.21 bits per heavy atom. The summed E-state index contributed by atoms with van der Waals surface area (Å²) in [7, 11) is 1.71. The first-order valence-corrected chi connectivity index (χ1v) is 6.62. The first-order valence-electron chi connectivity index (χ1n) is 5.83. The van der Waals surface area contributed by atoms with Crippen LogP contribution in [0.15, 0.2) is 22.7 Å². The molecular weight excluding hydrogens is 314 g/mol. The summed E-state index contributed by atoms with van der Waals surface area (Å²) in [6, 6.07) is 4.75. The smallest absolute Gasteiger partial charge is 0.273 e. The van der Waals surface area contributed by atoms with E-state index in [4.69, 9.17) is 0 Å². The van der Waals surface area contributed by atoms with Gasteiger partial charge in [-0.3, -0.25) is 14.9 Å². The number of carbonyl (C=O) groups excluding carboxylic acids is 1. The molecule has 0 heterocycles. The molecule has 0 radical (unpaired) electrons. The second-order valence-electron chi connectivity index (χ2n) is 4.04. The van der Waals surface area contributed by atoms with Gasteiger partial charge >= 0.3 is 0 Å². The summed E-state index contributed by atoms with van der Waals surface area (Å²) in [6.07, 6.45) is 0. The van der Waals surface area contributed by atoms with Crippen LogP contribution in [0.5, 0.6) is 0 Å². The molecule has 0 aliphatic heterocycles. The van der Waals surface area contributed by atoms with Crippen LogP contribution in [0, 0.1) is 10.1 Å². The average Bonchev–Trinajstić information content (AvgIpc) is 2.37. The van der Waals surface area contributed by atoms with Gasteiger partial charge in [0.05, 0.1) is 11.5 Å². The van der Waals surface area contributed by atoms with E-state index in [1.165, 1.54) is 6.07 Å². The third-order valence-electron chi connectivity index (χ3n) is 2.73. The van der Waals surface area contributed by atoms with Gasteiger partial charge in [-0.05, 0) is 19.1 Å². The maximum atomic E-state index is 11.6. The van der Waals surface area contributed by atoms with E-state index < -0.39 is 4.92 Å². The van der Waals surface area contributed by atoms with Crippen LogP contribution in [0.25, 0.3) is 0 Å². The van der Waals surface area contributed by atoms with Gasteiger partial charge < -0.3 is 10.2 Å². The van der Waals surface area contributed by atoms with E-state index in [2.05, 4.69) is 21.2 Å². The third-order valence-corrected chi connectivity index (χ3v) is 3.22. The molecule has 0 fully saturated rings. The minimum absolute atomic E-state index is 0.0415. The van der Waals surface area contributed by atoms with Crippen molar-refractivity contribution in [3.8, 4) is 0 Å². The average molecular weight is 330 g/mol. The number of carbonyl (C=O) groups is 1. The van der Waals surface area contributed by atoms with Gasteiger partial charge in [0.1, 0.15) is 0 Å². The lowest BCUT2D eigenvalue weighted by molar-refractivity contribution is -0.385. The largest absolute Gasteiger partial charge is 0.345 e. The van der Waals surface area contributed by atoms with Gasteiger partial charge in [-0.2, -0.15) is 0 Å². The minimum atomic E-state index is -0.427. The van der Waals surface area contributed by atoms with E-state index in [0.717, 1.165) is 4.47 Å². The normalized spacial score (nSPS) is 10.3. The Bertz CT molecular complexity index is 479. The predicted molar refractivity (Wildman–Crippen MR) is 75.8 cm³/mol. The van der Waals surface area contributed by atoms with Crippen molar-refractivity contribution in [1.29, 1.82) is 0 Å². The van der Waals surface area contributed by atoms with Gasteiger partial charge in [-0.15, -0.1) is 0 Å². The molecule has 19 heavy (non-hydrogen) atoms. The maximum absolute atomic E-state index is 11.6. The van der Waals surface area contributed by atoms with Crippen molar-refractivity contribution in [2.24, 2.45) is 0 Å². The molecule has 0 aromatic heterocycles. The van der Waals surface area contributed by atoms with Crippen LogP contribution in [-0.4, -0.2) is 35.9 Å². The van der Waals surface area contributed by atoms with Crippen molar-refractivity contribution >= 4 is 27.5 Å². The summed E-state index contributed by atoms with van der Waals surface area (Å²) in [4.78, 5) is 23.6. The molecule has 6 nitrogen and oxygen atoms in total. The molecule has 1 N–H and O–H groups in total. The summed E-state index contributed by atoms with van der Waals surface area (Å²) < 4.78 is 0.770. The second kappa shape index (κ2) is 7.20. The van der Waals surface area contributed by atoms with Crippen LogP contribution >= 0.6 is 15.9 Å². The number of nitrogens with one attached hydrogen (secondary N) is 1. The van der Waals surface area contributed by atoms with Gasteiger partial charge in [-0.1, -0.05) is 15.9 Å². The van der Waals surface area contributed by atoms with E-state index in [1.54, 1.807) is 24.1 Å². The SMILES string of the molecule is CCN(C)C(=O)CNCc1cc(Br)ccc1[N+](=O)[O-]. The molecule has 0 saturated heterocycles. The Morgan fingerprint density at radius 1 is 1.53 bits per heavy atom. The molecule has 0 aliphatic carbocycles. The molecule has 0 unspecified atom stereocenters. The van der Waals surface area contributed by atoms with Gasteiger partial charge in [0.25, 0.3) is 5.69 Å². The third kappa shape index (κ3) is 4.60. The fourth-order valence-corrected chi connectivity index (χ4v) is 1.90. The van der Waals surface area contributed by atoms with Gasteiger partial charge in [0.15, 0.2) is 0 Å². The Hall–Kier alpha value is -1.47. The highest BCUT2D eigenvalue weighted by Crippen LogP contribution is 2.22. The van der Waals surface area contributed by atoms with Crippen molar-refractivity contribution in [2.75, 3.05) is 20.1 Å². The summed E-state index contributed by atoms with van der Waals surface area (Å²) in [6.45, 7) is 2.96. The van der Waals surface area contributed by atoms with Crippen LogP contribution in [0.2, 0.25) is 0 Å². The standard InChI is InChI=1S/C12H16BrN3O3/c1-3-15(2)12(17)8-14-7-9-6-10(13)4-5-11(9)16(18)19/h4-6,14H,3,7-8H2,1-2H3. The minimum Gasteiger partial charge on any atom is -0.345 e. The van der Waals surface area contributed by atoms with Gasteiger partial charge in [0.2, 0.25) is 5.91 Å². The quantitative estimate of drug-likeness (QED) is 0.639.